The average molecular weight is 496 g/mol. The topological polar surface area (TPSA) is 69.9 Å². The van der Waals surface area contributed by atoms with Gasteiger partial charge in [-0.15, -0.1) is 24.0 Å². The highest BCUT2D eigenvalue weighted by Gasteiger charge is 2.29. The second kappa shape index (κ2) is 11.7. The molecule has 6 nitrogen and oxygen atoms in total. The van der Waals surface area contributed by atoms with E-state index in [-0.39, 0.29) is 29.9 Å². The number of carbonyl (C=O) groups excluding carboxylic acids is 1. The SMILES string of the molecule is CCNC(=NCc1ccco1)NCC1CC(=O)N(CCc2ccccc2)C1.I. The molecule has 3 rings (SSSR count). The summed E-state index contributed by atoms with van der Waals surface area (Å²) in [4.78, 5) is 18.8. The molecule has 1 aliphatic rings. The number of guanidine groups is 1. The van der Waals surface area contributed by atoms with Crippen LogP contribution in [0.15, 0.2) is 58.1 Å². The number of nitrogens with one attached hydrogen (secondary N) is 2. The maximum Gasteiger partial charge on any atom is 0.223 e. The number of aliphatic imine (C=N–C) groups is 1. The molecule has 1 atom stereocenters. The highest BCUT2D eigenvalue weighted by molar-refractivity contribution is 14.0. The van der Waals surface area contributed by atoms with Crippen LogP contribution in [-0.4, -0.2) is 42.9 Å². The van der Waals surface area contributed by atoms with E-state index < -0.39 is 0 Å². The van der Waals surface area contributed by atoms with E-state index in [0.29, 0.717) is 18.9 Å². The van der Waals surface area contributed by atoms with Gasteiger partial charge in [-0.1, -0.05) is 30.3 Å². The normalized spacial score (nSPS) is 16.8. The maximum atomic E-state index is 12.3. The molecule has 0 radical (unpaired) electrons. The van der Waals surface area contributed by atoms with Gasteiger partial charge in [0.2, 0.25) is 5.91 Å². The minimum Gasteiger partial charge on any atom is -0.467 e. The van der Waals surface area contributed by atoms with Gasteiger partial charge in [-0.25, -0.2) is 4.99 Å². The number of furan rings is 1. The number of nitrogens with zero attached hydrogens (tertiary/aromatic N) is 2. The Bertz CT molecular complexity index is 734. The van der Waals surface area contributed by atoms with Crippen LogP contribution >= 0.6 is 24.0 Å². The highest BCUT2D eigenvalue weighted by Crippen LogP contribution is 2.17. The number of rotatable bonds is 8. The number of carbonyl (C=O) groups is 1. The van der Waals surface area contributed by atoms with Gasteiger partial charge in [0.25, 0.3) is 0 Å². The van der Waals surface area contributed by atoms with E-state index in [0.717, 1.165) is 44.3 Å². The molecule has 28 heavy (non-hydrogen) atoms. The first-order valence-electron chi connectivity index (χ1n) is 9.61. The molecule has 1 aromatic carbocycles. The number of hydrogen-bond acceptors (Lipinski definition) is 3. The molecule has 7 heteroatoms. The molecule has 152 valence electrons. The minimum atomic E-state index is 0. The second-order valence-corrected chi connectivity index (χ2v) is 6.80. The first-order valence-corrected chi connectivity index (χ1v) is 9.61. The Morgan fingerprint density at radius 3 is 2.75 bits per heavy atom. The molecule has 2 N–H and O–H groups in total. The maximum absolute atomic E-state index is 12.3. The van der Waals surface area contributed by atoms with Crippen LogP contribution < -0.4 is 10.6 Å². The molecule has 1 aliphatic heterocycles. The fraction of sp³-hybridized carbons (Fsp3) is 0.429. The molecule has 1 saturated heterocycles. The van der Waals surface area contributed by atoms with Crippen molar-refractivity contribution in [3.8, 4) is 0 Å². The Morgan fingerprint density at radius 1 is 1.21 bits per heavy atom. The smallest absolute Gasteiger partial charge is 0.223 e. The monoisotopic (exact) mass is 496 g/mol. The van der Waals surface area contributed by atoms with Crippen molar-refractivity contribution in [3.63, 3.8) is 0 Å². The molecule has 2 aromatic rings. The third-order valence-electron chi connectivity index (χ3n) is 4.68. The number of amides is 1. The molecule has 0 aliphatic carbocycles. The van der Waals surface area contributed by atoms with Crippen molar-refractivity contribution < 1.29 is 9.21 Å². The third kappa shape index (κ3) is 6.85. The highest BCUT2D eigenvalue weighted by atomic mass is 127. The lowest BCUT2D eigenvalue weighted by Crippen LogP contribution is -2.40. The van der Waals surface area contributed by atoms with Crippen molar-refractivity contribution >= 4 is 35.8 Å². The van der Waals surface area contributed by atoms with Crippen molar-refractivity contribution in [2.45, 2.75) is 26.3 Å². The van der Waals surface area contributed by atoms with Crippen LogP contribution in [0, 0.1) is 5.92 Å². The lowest BCUT2D eigenvalue weighted by atomic mass is 10.1. The summed E-state index contributed by atoms with van der Waals surface area (Å²) in [6, 6.07) is 14.1. The Morgan fingerprint density at radius 2 is 2.04 bits per heavy atom. The summed E-state index contributed by atoms with van der Waals surface area (Å²) in [6.45, 7) is 5.64. The zero-order valence-electron chi connectivity index (χ0n) is 16.3. The summed E-state index contributed by atoms with van der Waals surface area (Å²) < 4.78 is 5.32. The summed E-state index contributed by atoms with van der Waals surface area (Å²) in [7, 11) is 0. The van der Waals surface area contributed by atoms with Gasteiger partial charge in [-0.3, -0.25) is 4.79 Å². The summed E-state index contributed by atoms with van der Waals surface area (Å²) in [5, 5.41) is 6.60. The number of likely N-dealkylation sites (tertiary alicyclic amines) is 1. The Balaban J connectivity index is 0.00000280. The quantitative estimate of drug-likeness (QED) is 0.335. The summed E-state index contributed by atoms with van der Waals surface area (Å²) in [6.07, 6.45) is 3.15. The predicted octanol–water partition coefficient (Wildman–Crippen LogP) is 3.04. The van der Waals surface area contributed by atoms with E-state index in [1.165, 1.54) is 5.56 Å². The first-order chi connectivity index (χ1) is 13.2. The molecule has 0 bridgehead atoms. The lowest BCUT2D eigenvalue weighted by Gasteiger charge is -2.18. The van der Waals surface area contributed by atoms with Crippen LogP contribution in [0.3, 0.4) is 0 Å². The van der Waals surface area contributed by atoms with Gasteiger partial charge < -0.3 is 20.0 Å². The molecule has 1 fully saturated rings. The second-order valence-electron chi connectivity index (χ2n) is 6.80. The van der Waals surface area contributed by atoms with Crippen molar-refractivity contribution in [3.05, 3.63) is 60.1 Å². The van der Waals surface area contributed by atoms with Gasteiger partial charge in [0.15, 0.2) is 5.96 Å². The first kappa shape index (κ1) is 22.3. The summed E-state index contributed by atoms with van der Waals surface area (Å²) in [5.74, 6) is 2.13. The van der Waals surface area contributed by atoms with Crippen LogP contribution in [0.2, 0.25) is 0 Å². The summed E-state index contributed by atoms with van der Waals surface area (Å²) >= 11 is 0. The number of halogens is 1. The van der Waals surface area contributed by atoms with Crippen molar-refractivity contribution in [2.75, 3.05) is 26.2 Å². The molecular weight excluding hydrogens is 467 g/mol. The van der Waals surface area contributed by atoms with E-state index in [4.69, 9.17) is 4.42 Å². The van der Waals surface area contributed by atoms with Crippen LogP contribution in [-0.2, 0) is 17.8 Å². The van der Waals surface area contributed by atoms with Crippen LogP contribution in [0.1, 0.15) is 24.7 Å². The number of hydrogen-bond donors (Lipinski definition) is 2. The Labute approximate surface area is 183 Å². The average Bonchev–Trinajstić information content (AvgIpc) is 3.33. The predicted molar refractivity (Wildman–Crippen MR) is 122 cm³/mol. The van der Waals surface area contributed by atoms with E-state index in [9.17, 15) is 4.79 Å². The van der Waals surface area contributed by atoms with Crippen molar-refractivity contribution in [1.29, 1.82) is 0 Å². The zero-order chi connectivity index (χ0) is 18.9. The molecule has 1 amide bonds. The molecule has 1 aromatic heterocycles. The Kier molecular flexibility index (Phi) is 9.33. The largest absolute Gasteiger partial charge is 0.467 e. The van der Waals surface area contributed by atoms with Crippen molar-refractivity contribution in [1.82, 2.24) is 15.5 Å². The van der Waals surface area contributed by atoms with E-state index >= 15 is 0 Å². The van der Waals surface area contributed by atoms with Crippen molar-refractivity contribution in [2.24, 2.45) is 10.9 Å². The number of benzene rings is 1. The van der Waals surface area contributed by atoms with Gasteiger partial charge in [-0.05, 0) is 31.0 Å². The standard InChI is InChI=1S/C21H28N4O2.HI/c1-2-22-21(24-15-19-9-6-12-27-19)23-14-18-13-20(26)25(16-18)11-10-17-7-4-3-5-8-17;/h3-9,12,18H,2,10-11,13-16H2,1H3,(H2,22,23,24);1H. The zero-order valence-corrected chi connectivity index (χ0v) is 18.6. The van der Waals surface area contributed by atoms with Gasteiger partial charge in [0, 0.05) is 38.5 Å². The van der Waals surface area contributed by atoms with Crippen LogP contribution in [0.25, 0.3) is 0 Å². The molecule has 0 saturated carbocycles. The fourth-order valence-electron chi connectivity index (χ4n) is 3.26. The molecular formula is C21H29IN4O2. The van der Waals surface area contributed by atoms with E-state index in [1.807, 2.05) is 42.2 Å². The lowest BCUT2D eigenvalue weighted by molar-refractivity contribution is -0.127. The molecule has 2 heterocycles. The minimum absolute atomic E-state index is 0. The van der Waals surface area contributed by atoms with Gasteiger partial charge in [0.1, 0.15) is 12.3 Å². The fourth-order valence-corrected chi connectivity index (χ4v) is 3.26. The van der Waals surface area contributed by atoms with Gasteiger partial charge in [-0.2, -0.15) is 0 Å². The van der Waals surface area contributed by atoms with E-state index in [1.54, 1.807) is 6.26 Å². The van der Waals surface area contributed by atoms with Crippen LogP contribution in [0.4, 0.5) is 0 Å². The van der Waals surface area contributed by atoms with Gasteiger partial charge >= 0.3 is 0 Å². The molecule has 0 spiro atoms. The van der Waals surface area contributed by atoms with Crippen LogP contribution in [0.5, 0.6) is 0 Å². The third-order valence-corrected chi connectivity index (χ3v) is 4.68. The Hall–Kier alpha value is -2.03. The van der Waals surface area contributed by atoms with E-state index in [2.05, 4.69) is 27.8 Å². The molecule has 1 unspecified atom stereocenters. The van der Waals surface area contributed by atoms with Gasteiger partial charge in [0.05, 0.1) is 6.26 Å². The summed E-state index contributed by atoms with van der Waals surface area (Å²) in [5.41, 5.74) is 1.27.